The molecule has 0 spiro atoms. The maximum atomic E-state index is 11.9. The Morgan fingerprint density at radius 1 is 1.30 bits per heavy atom. The molecule has 0 aliphatic heterocycles. The predicted octanol–water partition coefficient (Wildman–Crippen LogP) is 2.93. The number of benzene rings is 1. The molecule has 0 saturated heterocycles. The van der Waals surface area contributed by atoms with E-state index < -0.39 is 0 Å². The number of hydrogen-bond acceptors (Lipinski definition) is 3. The molecule has 1 amide bonds. The van der Waals surface area contributed by atoms with Gasteiger partial charge in [-0.2, -0.15) is 0 Å². The lowest BCUT2D eigenvalue weighted by atomic mass is 10.1. The highest BCUT2D eigenvalue weighted by molar-refractivity contribution is 6.30. The van der Waals surface area contributed by atoms with Gasteiger partial charge in [-0.3, -0.25) is 4.79 Å². The first-order valence-corrected chi connectivity index (χ1v) is 7.27. The second kappa shape index (κ2) is 8.95. The van der Waals surface area contributed by atoms with E-state index in [2.05, 4.69) is 24.5 Å². The van der Waals surface area contributed by atoms with E-state index in [1.807, 2.05) is 6.92 Å². The Labute approximate surface area is 125 Å². The Hall–Kier alpha value is -1.10. The van der Waals surface area contributed by atoms with Gasteiger partial charge < -0.3 is 15.4 Å². The zero-order valence-corrected chi connectivity index (χ0v) is 13.0. The molecule has 1 aromatic carbocycles. The molecule has 0 heterocycles. The van der Waals surface area contributed by atoms with E-state index in [1.165, 1.54) is 0 Å². The van der Waals surface area contributed by atoms with Gasteiger partial charge in [0.05, 0.1) is 13.2 Å². The van der Waals surface area contributed by atoms with E-state index >= 15 is 0 Å². The van der Waals surface area contributed by atoms with Gasteiger partial charge in [-0.1, -0.05) is 25.4 Å². The lowest BCUT2D eigenvalue weighted by Gasteiger charge is -2.21. The first-order valence-electron chi connectivity index (χ1n) is 6.89. The Morgan fingerprint density at radius 2 is 1.95 bits per heavy atom. The maximum Gasteiger partial charge on any atom is 0.238 e. The van der Waals surface area contributed by atoms with Crippen LogP contribution in [0.2, 0.25) is 5.02 Å². The van der Waals surface area contributed by atoms with Gasteiger partial charge >= 0.3 is 0 Å². The SMILES string of the molecule is CCOCC(NCC(=O)Nc1ccc(Cl)cc1)C(C)C. The summed E-state index contributed by atoms with van der Waals surface area (Å²) >= 11 is 5.80. The third kappa shape index (κ3) is 6.37. The number of nitrogens with one attached hydrogen (secondary N) is 2. The highest BCUT2D eigenvalue weighted by Gasteiger charge is 2.14. The van der Waals surface area contributed by atoms with Gasteiger partial charge in [0.25, 0.3) is 0 Å². The average Bonchev–Trinajstić information content (AvgIpc) is 2.41. The standard InChI is InChI=1S/C15H23ClN2O2/c1-4-20-10-14(11(2)3)17-9-15(19)18-13-7-5-12(16)6-8-13/h5-8,11,14,17H,4,9-10H2,1-3H3,(H,18,19). The molecule has 4 nitrogen and oxygen atoms in total. The van der Waals surface area contributed by atoms with E-state index in [1.54, 1.807) is 24.3 Å². The topological polar surface area (TPSA) is 50.4 Å². The summed E-state index contributed by atoms with van der Waals surface area (Å²) < 4.78 is 5.41. The third-order valence-corrected chi connectivity index (χ3v) is 3.21. The van der Waals surface area contributed by atoms with E-state index in [-0.39, 0.29) is 18.5 Å². The summed E-state index contributed by atoms with van der Waals surface area (Å²) in [5.41, 5.74) is 0.743. The van der Waals surface area contributed by atoms with E-state index in [9.17, 15) is 4.79 Å². The molecule has 2 N–H and O–H groups in total. The number of amides is 1. The van der Waals surface area contributed by atoms with Crippen LogP contribution in [0.4, 0.5) is 5.69 Å². The van der Waals surface area contributed by atoms with Gasteiger partial charge in [-0.15, -0.1) is 0 Å². The van der Waals surface area contributed by atoms with Crippen molar-refractivity contribution in [2.75, 3.05) is 25.1 Å². The van der Waals surface area contributed by atoms with Crippen molar-refractivity contribution in [3.05, 3.63) is 29.3 Å². The fraction of sp³-hybridized carbons (Fsp3) is 0.533. The van der Waals surface area contributed by atoms with Crippen LogP contribution in [0.3, 0.4) is 0 Å². The van der Waals surface area contributed by atoms with E-state index in [0.717, 1.165) is 5.69 Å². The Kier molecular flexibility index (Phi) is 7.59. The summed E-state index contributed by atoms with van der Waals surface area (Å²) in [6, 6.07) is 7.22. The van der Waals surface area contributed by atoms with Crippen molar-refractivity contribution in [1.82, 2.24) is 5.32 Å². The molecule has 0 bridgehead atoms. The number of halogens is 1. The van der Waals surface area contributed by atoms with E-state index in [4.69, 9.17) is 16.3 Å². The van der Waals surface area contributed by atoms with Crippen LogP contribution in [0.15, 0.2) is 24.3 Å². The number of anilines is 1. The van der Waals surface area contributed by atoms with Crippen LogP contribution in [0, 0.1) is 5.92 Å². The monoisotopic (exact) mass is 298 g/mol. The lowest BCUT2D eigenvalue weighted by molar-refractivity contribution is -0.115. The van der Waals surface area contributed by atoms with Gasteiger partial charge in [0.15, 0.2) is 0 Å². The van der Waals surface area contributed by atoms with Crippen molar-refractivity contribution in [2.24, 2.45) is 5.92 Å². The Bertz CT molecular complexity index is 407. The molecule has 1 unspecified atom stereocenters. The quantitative estimate of drug-likeness (QED) is 0.776. The van der Waals surface area contributed by atoms with Crippen molar-refractivity contribution in [2.45, 2.75) is 26.8 Å². The molecule has 0 aromatic heterocycles. The molecule has 0 aliphatic rings. The predicted molar refractivity (Wildman–Crippen MR) is 83.2 cm³/mol. The lowest BCUT2D eigenvalue weighted by Crippen LogP contribution is -2.42. The summed E-state index contributed by atoms with van der Waals surface area (Å²) in [5, 5.41) is 6.69. The van der Waals surface area contributed by atoms with Crippen LogP contribution in [0.1, 0.15) is 20.8 Å². The molecule has 112 valence electrons. The maximum absolute atomic E-state index is 11.9. The third-order valence-electron chi connectivity index (χ3n) is 2.96. The number of carbonyl (C=O) groups is 1. The van der Waals surface area contributed by atoms with Crippen LogP contribution in [0.5, 0.6) is 0 Å². The summed E-state index contributed by atoms with van der Waals surface area (Å²) in [6.45, 7) is 7.73. The first-order chi connectivity index (χ1) is 9.52. The molecular weight excluding hydrogens is 276 g/mol. The van der Waals surface area contributed by atoms with Crippen LogP contribution in [-0.4, -0.2) is 31.7 Å². The summed E-state index contributed by atoms with van der Waals surface area (Å²) in [4.78, 5) is 11.9. The molecule has 1 rings (SSSR count). The number of carbonyl (C=O) groups excluding carboxylic acids is 1. The molecule has 20 heavy (non-hydrogen) atoms. The minimum atomic E-state index is -0.0746. The second-order valence-electron chi connectivity index (χ2n) is 4.95. The van der Waals surface area contributed by atoms with Crippen molar-refractivity contribution >= 4 is 23.2 Å². The van der Waals surface area contributed by atoms with Crippen LogP contribution >= 0.6 is 11.6 Å². The number of rotatable bonds is 8. The highest BCUT2D eigenvalue weighted by atomic mass is 35.5. The molecular formula is C15H23ClN2O2. The van der Waals surface area contributed by atoms with Crippen LogP contribution in [-0.2, 0) is 9.53 Å². The minimum Gasteiger partial charge on any atom is -0.380 e. The van der Waals surface area contributed by atoms with Crippen molar-refractivity contribution in [3.63, 3.8) is 0 Å². The van der Waals surface area contributed by atoms with Gasteiger partial charge in [0, 0.05) is 23.4 Å². The zero-order valence-electron chi connectivity index (χ0n) is 12.3. The summed E-state index contributed by atoms with van der Waals surface area (Å²) in [7, 11) is 0. The largest absolute Gasteiger partial charge is 0.380 e. The Morgan fingerprint density at radius 3 is 2.50 bits per heavy atom. The van der Waals surface area contributed by atoms with Crippen molar-refractivity contribution in [1.29, 1.82) is 0 Å². The molecule has 0 radical (unpaired) electrons. The second-order valence-corrected chi connectivity index (χ2v) is 5.38. The van der Waals surface area contributed by atoms with Gasteiger partial charge in [0.2, 0.25) is 5.91 Å². The molecule has 0 aliphatic carbocycles. The Balaban J connectivity index is 2.39. The van der Waals surface area contributed by atoms with Gasteiger partial charge in [-0.05, 0) is 37.1 Å². The van der Waals surface area contributed by atoms with Crippen LogP contribution in [0.25, 0.3) is 0 Å². The summed E-state index contributed by atoms with van der Waals surface area (Å²) in [6.07, 6.45) is 0. The summed E-state index contributed by atoms with van der Waals surface area (Å²) in [5.74, 6) is 0.333. The molecule has 1 aromatic rings. The molecule has 0 saturated carbocycles. The van der Waals surface area contributed by atoms with Gasteiger partial charge in [-0.25, -0.2) is 0 Å². The average molecular weight is 299 g/mol. The van der Waals surface area contributed by atoms with Gasteiger partial charge in [0.1, 0.15) is 0 Å². The first kappa shape index (κ1) is 17.0. The fourth-order valence-corrected chi connectivity index (χ4v) is 1.82. The van der Waals surface area contributed by atoms with Crippen molar-refractivity contribution in [3.8, 4) is 0 Å². The highest BCUT2D eigenvalue weighted by Crippen LogP contribution is 2.13. The van der Waals surface area contributed by atoms with Crippen molar-refractivity contribution < 1.29 is 9.53 Å². The molecule has 1 atom stereocenters. The molecule has 5 heteroatoms. The van der Waals surface area contributed by atoms with E-state index in [0.29, 0.717) is 24.2 Å². The fourth-order valence-electron chi connectivity index (χ4n) is 1.69. The zero-order chi connectivity index (χ0) is 15.0. The minimum absolute atomic E-state index is 0.0746. The smallest absolute Gasteiger partial charge is 0.238 e. The number of hydrogen-bond donors (Lipinski definition) is 2. The molecule has 0 fully saturated rings. The normalized spacial score (nSPS) is 12.4. The number of ether oxygens (including phenoxy) is 1. The van der Waals surface area contributed by atoms with Crippen LogP contribution < -0.4 is 10.6 Å².